The Hall–Kier alpha value is -3.31. The summed E-state index contributed by atoms with van der Waals surface area (Å²) in [7, 11) is 0.115. The number of anilines is 1. The Morgan fingerprint density at radius 2 is 1.61 bits per heavy atom. The molecular formula is C22H29N3O7S. The summed E-state index contributed by atoms with van der Waals surface area (Å²) in [5.41, 5.74) is 6.17. The van der Waals surface area contributed by atoms with Crippen molar-refractivity contribution in [3.63, 3.8) is 0 Å². The van der Waals surface area contributed by atoms with E-state index in [9.17, 15) is 18.0 Å². The van der Waals surface area contributed by atoms with Crippen molar-refractivity contribution in [1.29, 1.82) is 0 Å². The second-order valence-electron chi connectivity index (χ2n) is 7.60. The van der Waals surface area contributed by atoms with Crippen LogP contribution in [0.4, 0.5) is 5.69 Å². The summed E-state index contributed by atoms with van der Waals surface area (Å²) in [5, 5.41) is 2.62. The number of methoxy groups -OCH3 is 3. The zero-order valence-corrected chi connectivity index (χ0v) is 20.0. The third-order valence-corrected chi connectivity index (χ3v) is 5.97. The third kappa shape index (κ3) is 6.59. The molecule has 0 aromatic heterocycles. The van der Waals surface area contributed by atoms with Crippen LogP contribution in [0.25, 0.3) is 0 Å². The van der Waals surface area contributed by atoms with E-state index in [4.69, 9.17) is 19.9 Å². The maximum Gasteiger partial charge on any atom is 0.264 e. The Balaban J connectivity index is 2.24. The summed E-state index contributed by atoms with van der Waals surface area (Å²) >= 11 is 0. The summed E-state index contributed by atoms with van der Waals surface area (Å²) in [6.07, 6.45) is 0.340. The highest BCUT2D eigenvalue weighted by molar-refractivity contribution is 7.90. The molecule has 1 atom stereocenters. The summed E-state index contributed by atoms with van der Waals surface area (Å²) in [6, 6.07) is 7.47. The molecule has 2 rings (SSSR count). The van der Waals surface area contributed by atoms with Crippen LogP contribution < -0.4 is 30.0 Å². The van der Waals surface area contributed by atoms with Crippen molar-refractivity contribution in [3.05, 3.63) is 42.0 Å². The first-order valence-electron chi connectivity index (χ1n) is 10.1. The van der Waals surface area contributed by atoms with Gasteiger partial charge in [0.2, 0.25) is 5.75 Å². The fourth-order valence-corrected chi connectivity index (χ4v) is 4.11. The predicted molar refractivity (Wildman–Crippen MR) is 123 cm³/mol. The quantitative estimate of drug-likeness (QED) is 0.470. The SMILES string of the molecule is COc1cc(C(=O)Nc2cccc(S(=O)(=O)NC(=O)[C@@H](N)CC(C)C)c2)cc(OC)c1OC. The van der Waals surface area contributed by atoms with Crippen LogP contribution in [0.3, 0.4) is 0 Å². The molecule has 0 saturated carbocycles. The van der Waals surface area contributed by atoms with Crippen molar-refractivity contribution < 1.29 is 32.2 Å². The van der Waals surface area contributed by atoms with Crippen LogP contribution in [0.5, 0.6) is 17.2 Å². The predicted octanol–water partition coefficient (Wildman–Crippen LogP) is 2.14. The van der Waals surface area contributed by atoms with Gasteiger partial charge < -0.3 is 25.3 Å². The molecule has 10 nitrogen and oxygen atoms in total. The molecule has 11 heteroatoms. The van der Waals surface area contributed by atoms with Gasteiger partial charge in [0.05, 0.1) is 32.3 Å². The highest BCUT2D eigenvalue weighted by Gasteiger charge is 2.23. The van der Waals surface area contributed by atoms with Crippen molar-refractivity contribution >= 4 is 27.5 Å². The number of ether oxygens (including phenoxy) is 3. The van der Waals surface area contributed by atoms with Gasteiger partial charge in [-0.15, -0.1) is 0 Å². The largest absolute Gasteiger partial charge is 0.493 e. The second-order valence-corrected chi connectivity index (χ2v) is 9.28. The maximum absolute atomic E-state index is 12.8. The molecule has 0 aliphatic rings. The van der Waals surface area contributed by atoms with Gasteiger partial charge in [0.1, 0.15) is 0 Å². The molecule has 0 radical (unpaired) electrons. The number of benzene rings is 2. The fourth-order valence-electron chi connectivity index (χ4n) is 3.04. The fraction of sp³-hybridized carbons (Fsp3) is 0.364. The third-order valence-electron chi connectivity index (χ3n) is 4.63. The second kappa shape index (κ2) is 11.0. The van der Waals surface area contributed by atoms with Crippen molar-refractivity contribution in [2.45, 2.75) is 31.2 Å². The topological polar surface area (TPSA) is 146 Å². The van der Waals surface area contributed by atoms with Crippen LogP contribution in [0.1, 0.15) is 30.6 Å². The van der Waals surface area contributed by atoms with Crippen molar-refractivity contribution in [2.75, 3.05) is 26.6 Å². The van der Waals surface area contributed by atoms with Crippen LogP contribution >= 0.6 is 0 Å². The van der Waals surface area contributed by atoms with Gasteiger partial charge in [-0.2, -0.15) is 0 Å². The van der Waals surface area contributed by atoms with Crippen molar-refractivity contribution in [1.82, 2.24) is 4.72 Å². The van der Waals surface area contributed by atoms with E-state index in [2.05, 4.69) is 5.32 Å². The van der Waals surface area contributed by atoms with E-state index in [0.29, 0.717) is 23.7 Å². The van der Waals surface area contributed by atoms with Crippen LogP contribution in [0, 0.1) is 5.92 Å². The Kier molecular flexibility index (Phi) is 8.66. The van der Waals surface area contributed by atoms with Gasteiger partial charge in [0.25, 0.3) is 21.8 Å². The number of hydrogen-bond donors (Lipinski definition) is 3. The number of rotatable bonds is 10. The molecule has 2 aromatic rings. The van der Waals surface area contributed by atoms with Gasteiger partial charge in [0.15, 0.2) is 11.5 Å². The Morgan fingerprint density at radius 3 is 2.12 bits per heavy atom. The number of carbonyl (C=O) groups is 2. The van der Waals surface area contributed by atoms with E-state index in [-0.39, 0.29) is 22.1 Å². The molecule has 0 aliphatic carbocycles. The van der Waals surface area contributed by atoms with Crippen LogP contribution in [0.15, 0.2) is 41.3 Å². The molecule has 33 heavy (non-hydrogen) atoms. The van der Waals surface area contributed by atoms with E-state index < -0.39 is 27.9 Å². The first-order chi connectivity index (χ1) is 15.5. The zero-order valence-electron chi connectivity index (χ0n) is 19.2. The summed E-state index contributed by atoms with van der Waals surface area (Å²) in [6.45, 7) is 3.75. The van der Waals surface area contributed by atoms with E-state index in [1.807, 2.05) is 18.6 Å². The van der Waals surface area contributed by atoms with Gasteiger partial charge in [-0.25, -0.2) is 13.1 Å². The molecule has 4 N–H and O–H groups in total. The van der Waals surface area contributed by atoms with Gasteiger partial charge in [-0.3, -0.25) is 9.59 Å². The van der Waals surface area contributed by atoms with Crippen LogP contribution in [-0.4, -0.2) is 47.6 Å². The molecular weight excluding hydrogens is 450 g/mol. The summed E-state index contributed by atoms with van der Waals surface area (Å²) in [4.78, 5) is 24.8. The van der Waals surface area contributed by atoms with E-state index in [1.165, 1.54) is 57.7 Å². The molecule has 0 spiro atoms. The average Bonchev–Trinajstić information content (AvgIpc) is 2.77. The number of nitrogens with one attached hydrogen (secondary N) is 2. The Bertz CT molecular complexity index is 1090. The first-order valence-corrected chi connectivity index (χ1v) is 11.5. The minimum Gasteiger partial charge on any atom is -0.493 e. The lowest BCUT2D eigenvalue weighted by Crippen LogP contribution is -2.43. The summed E-state index contributed by atoms with van der Waals surface area (Å²) < 4.78 is 43.0. The minimum absolute atomic E-state index is 0.127. The Labute approximate surface area is 193 Å². The lowest BCUT2D eigenvalue weighted by Gasteiger charge is -2.15. The number of hydrogen-bond acceptors (Lipinski definition) is 8. The Morgan fingerprint density at radius 1 is 1.00 bits per heavy atom. The first kappa shape index (κ1) is 25.9. The highest BCUT2D eigenvalue weighted by Crippen LogP contribution is 2.38. The molecule has 2 aromatic carbocycles. The number of sulfonamides is 1. The standard InChI is InChI=1S/C22H29N3O7S/c1-13(2)9-17(23)22(27)25-33(28,29)16-8-6-7-15(12-16)24-21(26)14-10-18(30-3)20(32-5)19(11-14)31-4/h6-8,10-13,17H,9,23H2,1-5H3,(H,24,26)(H,25,27)/t17-/m0/s1. The average molecular weight is 480 g/mol. The van der Waals surface area contributed by atoms with E-state index >= 15 is 0 Å². The normalized spacial score (nSPS) is 12.1. The van der Waals surface area contributed by atoms with Crippen LogP contribution in [-0.2, 0) is 14.8 Å². The summed E-state index contributed by atoms with van der Waals surface area (Å²) in [5.74, 6) is -0.293. The molecule has 0 heterocycles. The van der Waals surface area contributed by atoms with Gasteiger partial charge in [-0.1, -0.05) is 19.9 Å². The molecule has 0 fully saturated rings. The van der Waals surface area contributed by atoms with Crippen LogP contribution in [0.2, 0.25) is 0 Å². The smallest absolute Gasteiger partial charge is 0.264 e. The molecule has 0 aliphatic heterocycles. The highest BCUT2D eigenvalue weighted by atomic mass is 32.2. The number of carbonyl (C=O) groups excluding carboxylic acids is 2. The molecule has 0 bridgehead atoms. The van der Waals surface area contributed by atoms with Gasteiger partial charge in [-0.05, 0) is 42.7 Å². The zero-order chi connectivity index (χ0) is 24.8. The van der Waals surface area contributed by atoms with Crippen molar-refractivity contribution in [3.8, 4) is 17.2 Å². The van der Waals surface area contributed by atoms with Gasteiger partial charge in [0, 0.05) is 11.3 Å². The van der Waals surface area contributed by atoms with E-state index in [0.717, 1.165) is 0 Å². The molecule has 0 saturated heterocycles. The number of nitrogens with two attached hydrogens (primary N) is 1. The lowest BCUT2D eigenvalue weighted by molar-refractivity contribution is -0.120. The van der Waals surface area contributed by atoms with E-state index in [1.54, 1.807) is 0 Å². The monoisotopic (exact) mass is 479 g/mol. The lowest BCUT2D eigenvalue weighted by atomic mass is 10.0. The molecule has 2 amide bonds. The van der Waals surface area contributed by atoms with Crippen molar-refractivity contribution in [2.24, 2.45) is 11.7 Å². The molecule has 0 unspecified atom stereocenters. The minimum atomic E-state index is -4.18. The number of amides is 2. The molecule has 180 valence electrons. The van der Waals surface area contributed by atoms with Gasteiger partial charge >= 0.3 is 0 Å². The maximum atomic E-state index is 12.8.